The highest BCUT2D eigenvalue weighted by Gasteiger charge is 2.23. The van der Waals surface area contributed by atoms with Crippen LogP contribution in [0.25, 0.3) is 10.2 Å². The molecule has 176 valence electrons. The van der Waals surface area contributed by atoms with E-state index in [1.165, 1.54) is 28.6 Å². The second kappa shape index (κ2) is 10.0. The van der Waals surface area contributed by atoms with Crippen LogP contribution in [0.4, 0.5) is 0 Å². The molecule has 0 atom stereocenters. The number of fused-ring (bicyclic) bond motifs is 3. The third-order valence-corrected chi connectivity index (χ3v) is 8.65. The average molecular weight is 484 g/mol. The van der Waals surface area contributed by atoms with Crippen LogP contribution in [0.15, 0.2) is 28.7 Å². The fourth-order valence-corrected chi connectivity index (χ4v) is 6.83. The molecule has 0 aromatic carbocycles. The summed E-state index contributed by atoms with van der Waals surface area (Å²) >= 11 is 3.06. The lowest BCUT2D eigenvalue weighted by atomic mass is 9.97. The van der Waals surface area contributed by atoms with E-state index in [0.717, 1.165) is 52.9 Å². The molecule has 0 bridgehead atoms. The number of nitrogens with zero attached hydrogens (tertiary/aromatic N) is 3. The molecule has 1 aliphatic rings. The summed E-state index contributed by atoms with van der Waals surface area (Å²) < 4.78 is 3.92. The third-order valence-electron chi connectivity index (χ3n) is 6.49. The molecular formula is C26H33N3O2S2. The van der Waals surface area contributed by atoms with Gasteiger partial charge in [0.1, 0.15) is 4.83 Å². The monoisotopic (exact) mass is 483 g/mol. The maximum Gasteiger partial charge on any atom is 0.263 e. The summed E-state index contributed by atoms with van der Waals surface area (Å²) in [7, 11) is 0. The number of carbonyl (C=O) groups excluding carboxylic acids is 1. The first-order chi connectivity index (χ1) is 15.8. The Kier molecular flexibility index (Phi) is 7.29. The number of hydrogen-bond donors (Lipinski definition) is 0. The average Bonchev–Trinajstić information content (AvgIpc) is 3.29. The number of aryl methyl sites for hydroxylation is 3. The van der Waals surface area contributed by atoms with Gasteiger partial charge in [0.25, 0.3) is 5.56 Å². The highest BCUT2D eigenvalue weighted by atomic mass is 32.2. The Bertz CT molecular complexity index is 1260. The van der Waals surface area contributed by atoms with Crippen molar-refractivity contribution >= 4 is 39.1 Å². The largest absolute Gasteiger partial charge is 0.345 e. The van der Waals surface area contributed by atoms with Gasteiger partial charge in [-0.2, -0.15) is 0 Å². The van der Waals surface area contributed by atoms with Crippen LogP contribution in [-0.4, -0.2) is 25.7 Å². The van der Waals surface area contributed by atoms with Crippen LogP contribution >= 0.6 is 23.1 Å². The van der Waals surface area contributed by atoms with E-state index in [1.54, 1.807) is 11.3 Å². The first-order valence-corrected chi connectivity index (χ1v) is 13.6. The van der Waals surface area contributed by atoms with E-state index in [-0.39, 0.29) is 17.1 Å². The molecule has 4 rings (SSSR count). The lowest BCUT2D eigenvalue weighted by Crippen LogP contribution is -2.25. The third kappa shape index (κ3) is 4.76. The zero-order chi connectivity index (χ0) is 23.7. The molecule has 0 radical (unpaired) electrons. The van der Waals surface area contributed by atoms with Gasteiger partial charge in [0, 0.05) is 34.9 Å². The van der Waals surface area contributed by atoms with Gasteiger partial charge in [-0.3, -0.25) is 14.2 Å². The molecule has 0 unspecified atom stereocenters. The van der Waals surface area contributed by atoms with Gasteiger partial charge >= 0.3 is 0 Å². The van der Waals surface area contributed by atoms with Crippen LogP contribution in [-0.2, 0) is 25.9 Å². The minimum atomic E-state index is 0.0682. The van der Waals surface area contributed by atoms with Crippen LogP contribution in [0.1, 0.15) is 65.3 Å². The first-order valence-electron chi connectivity index (χ1n) is 11.8. The number of ketones is 1. The standard InChI is InChI=1S/C26H33N3O2S2/c1-6-12-28-17(4)14-20(18(28)5)21(30)15-32-26-27-24-23(19-9-7-8-10-22(19)33-24)25(31)29(26)13-11-16(2)3/h6,14,16H,1,7-13,15H2,2-5H3. The van der Waals surface area contributed by atoms with Crippen LogP contribution in [0, 0.1) is 19.8 Å². The number of thioether (sulfide) groups is 1. The van der Waals surface area contributed by atoms with E-state index in [2.05, 4.69) is 25.0 Å². The zero-order valence-corrected chi connectivity index (χ0v) is 21.7. The molecule has 3 aromatic rings. The number of thiophene rings is 1. The molecule has 1 aliphatic carbocycles. The summed E-state index contributed by atoms with van der Waals surface area (Å²) in [5.74, 6) is 0.820. The summed E-state index contributed by atoms with van der Waals surface area (Å²) in [6, 6.07) is 1.96. The van der Waals surface area contributed by atoms with E-state index in [4.69, 9.17) is 4.98 Å². The Morgan fingerprint density at radius 3 is 2.76 bits per heavy atom. The van der Waals surface area contributed by atoms with Gasteiger partial charge in [0.2, 0.25) is 0 Å². The number of hydrogen-bond acceptors (Lipinski definition) is 5. The molecule has 0 saturated carbocycles. The minimum Gasteiger partial charge on any atom is -0.345 e. The lowest BCUT2D eigenvalue weighted by molar-refractivity contribution is 0.102. The van der Waals surface area contributed by atoms with Gasteiger partial charge in [0.05, 0.1) is 11.1 Å². The number of carbonyl (C=O) groups is 1. The van der Waals surface area contributed by atoms with E-state index in [0.29, 0.717) is 24.2 Å². The Morgan fingerprint density at radius 2 is 2.03 bits per heavy atom. The maximum absolute atomic E-state index is 13.6. The normalized spacial score (nSPS) is 13.6. The molecule has 0 saturated heterocycles. The van der Waals surface area contributed by atoms with E-state index < -0.39 is 0 Å². The van der Waals surface area contributed by atoms with Crippen LogP contribution < -0.4 is 5.56 Å². The number of Topliss-reactive ketones (excluding diaryl/α,β-unsaturated/α-hetero) is 1. The SMILES string of the molecule is C=CCn1c(C)cc(C(=O)CSc2nc3sc4c(c3c(=O)n2CCC(C)C)CCCC4)c1C. The van der Waals surface area contributed by atoms with Crippen molar-refractivity contribution in [3.05, 3.63) is 56.5 Å². The zero-order valence-electron chi connectivity index (χ0n) is 20.1. The van der Waals surface area contributed by atoms with Gasteiger partial charge in [-0.25, -0.2) is 4.98 Å². The molecule has 0 fully saturated rings. The van der Waals surface area contributed by atoms with Crippen LogP contribution in [0.2, 0.25) is 0 Å². The van der Waals surface area contributed by atoms with Crippen molar-refractivity contribution in [2.24, 2.45) is 5.92 Å². The van der Waals surface area contributed by atoms with Crippen molar-refractivity contribution in [2.75, 3.05) is 5.75 Å². The summed E-state index contributed by atoms with van der Waals surface area (Å²) in [4.78, 5) is 33.8. The molecular weight excluding hydrogens is 450 g/mol. The minimum absolute atomic E-state index is 0.0682. The molecule has 0 spiro atoms. The Morgan fingerprint density at radius 1 is 1.27 bits per heavy atom. The Labute approximate surface area is 203 Å². The second-order valence-electron chi connectivity index (χ2n) is 9.32. The Balaban J connectivity index is 1.67. The fourth-order valence-electron chi connectivity index (χ4n) is 4.62. The molecule has 5 nitrogen and oxygen atoms in total. The Hall–Kier alpha value is -2.12. The van der Waals surface area contributed by atoms with Gasteiger partial charge in [0.15, 0.2) is 10.9 Å². The number of aromatic nitrogens is 3. The van der Waals surface area contributed by atoms with Gasteiger partial charge in [-0.15, -0.1) is 17.9 Å². The fraction of sp³-hybridized carbons (Fsp3) is 0.500. The van der Waals surface area contributed by atoms with Gasteiger partial charge in [-0.05, 0) is 63.5 Å². The molecule has 3 aromatic heterocycles. The summed E-state index contributed by atoms with van der Waals surface area (Å²) in [6.45, 7) is 13.5. The lowest BCUT2D eigenvalue weighted by Gasteiger charge is -2.14. The quantitative estimate of drug-likeness (QED) is 0.163. The smallest absolute Gasteiger partial charge is 0.263 e. The molecule has 7 heteroatoms. The molecule has 0 N–H and O–H groups in total. The second-order valence-corrected chi connectivity index (χ2v) is 11.3. The van der Waals surface area contributed by atoms with Crippen molar-refractivity contribution in [1.82, 2.24) is 14.1 Å². The first kappa shape index (κ1) is 24.0. The van der Waals surface area contributed by atoms with Crippen molar-refractivity contribution in [3.8, 4) is 0 Å². The highest BCUT2D eigenvalue weighted by molar-refractivity contribution is 7.99. The molecule has 3 heterocycles. The van der Waals surface area contributed by atoms with Crippen molar-refractivity contribution in [1.29, 1.82) is 0 Å². The van der Waals surface area contributed by atoms with Crippen molar-refractivity contribution in [3.63, 3.8) is 0 Å². The highest BCUT2D eigenvalue weighted by Crippen LogP contribution is 2.35. The topological polar surface area (TPSA) is 56.9 Å². The predicted octanol–water partition coefficient (Wildman–Crippen LogP) is 5.96. The van der Waals surface area contributed by atoms with Crippen molar-refractivity contribution in [2.45, 2.75) is 78.0 Å². The molecule has 0 aliphatic heterocycles. The summed E-state index contributed by atoms with van der Waals surface area (Å²) in [5.41, 5.74) is 4.05. The summed E-state index contributed by atoms with van der Waals surface area (Å²) in [5, 5.41) is 1.49. The molecule has 0 amide bonds. The summed E-state index contributed by atoms with van der Waals surface area (Å²) in [6.07, 6.45) is 7.09. The van der Waals surface area contributed by atoms with Gasteiger partial charge in [-0.1, -0.05) is 31.7 Å². The van der Waals surface area contributed by atoms with Gasteiger partial charge < -0.3 is 4.57 Å². The van der Waals surface area contributed by atoms with Crippen LogP contribution in [0.5, 0.6) is 0 Å². The van der Waals surface area contributed by atoms with E-state index in [9.17, 15) is 9.59 Å². The maximum atomic E-state index is 13.6. The number of rotatable bonds is 9. The predicted molar refractivity (Wildman–Crippen MR) is 139 cm³/mol. The van der Waals surface area contributed by atoms with Crippen LogP contribution in [0.3, 0.4) is 0 Å². The van der Waals surface area contributed by atoms with E-state index in [1.807, 2.05) is 30.6 Å². The number of allylic oxidation sites excluding steroid dienone is 1. The van der Waals surface area contributed by atoms with Crippen molar-refractivity contribution < 1.29 is 4.79 Å². The molecule has 33 heavy (non-hydrogen) atoms. The van der Waals surface area contributed by atoms with E-state index >= 15 is 0 Å².